The summed E-state index contributed by atoms with van der Waals surface area (Å²) in [6, 6.07) is 8.85. The molecule has 0 aromatic heterocycles. The third kappa shape index (κ3) is 4.28. The van der Waals surface area contributed by atoms with Gasteiger partial charge < -0.3 is 10.1 Å². The fourth-order valence-corrected chi connectivity index (χ4v) is 3.18. The Morgan fingerprint density at radius 2 is 2.26 bits per heavy atom. The van der Waals surface area contributed by atoms with Crippen molar-refractivity contribution in [3.05, 3.63) is 34.3 Å². The lowest BCUT2D eigenvalue weighted by Gasteiger charge is -2.32. The average Bonchev–Trinajstić information content (AvgIpc) is 2.41. The summed E-state index contributed by atoms with van der Waals surface area (Å²) in [5.74, 6) is 0. The first-order valence-corrected chi connectivity index (χ1v) is 7.75. The monoisotopic (exact) mass is 326 g/mol. The second-order valence-corrected chi connectivity index (χ2v) is 5.99. The van der Waals surface area contributed by atoms with Gasteiger partial charge in [0.05, 0.1) is 12.7 Å². The molecule has 0 saturated carbocycles. The van der Waals surface area contributed by atoms with E-state index in [1.54, 1.807) is 0 Å². The Bertz CT molecular complexity index is 399. The number of nitrogens with one attached hydrogen (secondary N) is 1. The smallest absolute Gasteiger partial charge is 0.0674 e. The highest BCUT2D eigenvalue weighted by Crippen LogP contribution is 2.25. The van der Waals surface area contributed by atoms with Gasteiger partial charge in [0.1, 0.15) is 0 Å². The van der Waals surface area contributed by atoms with E-state index in [1.165, 1.54) is 10.0 Å². The maximum absolute atomic E-state index is 5.58. The predicted octanol–water partition coefficient (Wildman–Crippen LogP) is 2.82. The van der Waals surface area contributed by atoms with E-state index in [9.17, 15) is 0 Å². The predicted molar refractivity (Wildman–Crippen MR) is 82.4 cm³/mol. The highest BCUT2D eigenvalue weighted by Gasteiger charge is 2.18. The topological polar surface area (TPSA) is 24.5 Å². The van der Waals surface area contributed by atoms with Gasteiger partial charge in [-0.2, -0.15) is 0 Å². The van der Waals surface area contributed by atoms with Crippen molar-refractivity contribution in [2.75, 3.05) is 33.3 Å². The van der Waals surface area contributed by atoms with Crippen LogP contribution in [0.25, 0.3) is 0 Å². The van der Waals surface area contributed by atoms with Crippen molar-refractivity contribution < 1.29 is 4.74 Å². The second kappa shape index (κ2) is 7.39. The van der Waals surface area contributed by atoms with Crippen molar-refractivity contribution in [3.8, 4) is 0 Å². The van der Waals surface area contributed by atoms with Crippen molar-refractivity contribution in [1.29, 1.82) is 0 Å². The zero-order valence-corrected chi connectivity index (χ0v) is 13.3. The summed E-state index contributed by atoms with van der Waals surface area (Å²) in [5, 5.41) is 3.42. The molecule has 0 bridgehead atoms. The molecule has 1 aromatic carbocycles. The van der Waals surface area contributed by atoms with Gasteiger partial charge in [0.15, 0.2) is 0 Å². The fourth-order valence-electron chi connectivity index (χ4n) is 2.62. The van der Waals surface area contributed by atoms with Crippen LogP contribution in [0.5, 0.6) is 0 Å². The molecule has 3 nitrogen and oxygen atoms in total. The van der Waals surface area contributed by atoms with E-state index in [4.69, 9.17) is 4.74 Å². The van der Waals surface area contributed by atoms with Crippen LogP contribution in [0.3, 0.4) is 0 Å². The molecule has 1 N–H and O–H groups in total. The normalized spacial score (nSPS) is 22.4. The molecule has 106 valence electrons. The molecule has 0 spiro atoms. The van der Waals surface area contributed by atoms with Gasteiger partial charge in [-0.1, -0.05) is 34.1 Å². The molecule has 0 radical (unpaired) electrons. The van der Waals surface area contributed by atoms with Gasteiger partial charge in [0.25, 0.3) is 0 Å². The van der Waals surface area contributed by atoms with Gasteiger partial charge in [-0.3, -0.25) is 4.90 Å². The standard InChI is InChI=1S/C15H23BrN2O/c1-12-11-18(9-10-19-12)8-7-15(17-2)13-5-3-4-6-14(13)16/h3-6,12,15,17H,7-11H2,1-2H3. The molecule has 19 heavy (non-hydrogen) atoms. The van der Waals surface area contributed by atoms with Gasteiger partial charge >= 0.3 is 0 Å². The van der Waals surface area contributed by atoms with Gasteiger partial charge in [-0.25, -0.2) is 0 Å². The van der Waals surface area contributed by atoms with Crippen LogP contribution in [0, 0.1) is 0 Å². The van der Waals surface area contributed by atoms with Crippen LogP contribution in [0.2, 0.25) is 0 Å². The average molecular weight is 327 g/mol. The lowest BCUT2D eigenvalue weighted by atomic mass is 10.0. The van der Waals surface area contributed by atoms with Gasteiger partial charge in [-0.05, 0) is 32.0 Å². The number of nitrogens with zero attached hydrogens (tertiary/aromatic N) is 1. The van der Waals surface area contributed by atoms with Crippen LogP contribution in [0.15, 0.2) is 28.7 Å². The first kappa shape index (κ1) is 15.0. The number of rotatable bonds is 5. The van der Waals surface area contributed by atoms with Crippen LogP contribution >= 0.6 is 15.9 Å². The lowest BCUT2D eigenvalue weighted by molar-refractivity contribution is -0.0191. The summed E-state index contributed by atoms with van der Waals surface area (Å²) in [6.07, 6.45) is 1.48. The third-order valence-corrected chi connectivity index (χ3v) is 4.41. The molecule has 2 rings (SSSR count). The quantitative estimate of drug-likeness (QED) is 0.900. The minimum Gasteiger partial charge on any atom is -0.376 e. The SMILES string of the molecule is CNC(CCN1CCOC(C)C1)c1ccccc1Br. The van der Waals surface area contributed by atoms with E-state index >= 15 is 0 Å². The van der Waals surface area contributed by atoms with E-state index in [1.807, 2.05) is 7.05 Å². The van der Waals surface area contributed by atoms with E-state index < -0.39 is 0 Å². The van der Waals surface area contributed by atoms with Crippen LogP contribution in [0.4, 0.5) is 0 Å². The molecule has 2 unspecified atom stereocenters. The highest BCUT2D eigenvalue weighted by molar-refractivity contribution is 9.10. The van der Waals surface area contributed by atoms with Gasteiger partial charge in [0.2, 0.25) is 0 Å². The molecule has 0 amide bonds. The summed E-state index contributed by atoms with van der Waals surface area (Å²) in [7, 11) is 2.03. The second-order valence-electron chi connectivity index (χ2n) is 5.13. The number of halogens is 1. The molecule has 1 aliphatic heterocycles. The number of ether oxygens (including phenoxy) is 1. The Morgan fingerprint density at radius 1 is 1.47 bits per heavy atom. The van der Waals surface area contributed by atoms with Crippen molar-refractivity contribution >= 4 is 15.9 Å². The molecular formula is C15H23BrN2O. The Kier molecular flexibility index (Phi) is 5.82. The van der Waals surface area contributed by atoms with Crippen LogP contribution in [-0.2, 0) is 4.74 Å². The molecule has 1 fully saturated rings. The Hall–Kier alpha value is -0.420. The van der Waals surface area contributed by atoms with Crippen LogP contribution in [-0.4, -0.2) is 44.3 Å². The molecule has 1 aliphatic rings. The van der Waals surface area contributed by atoms with Crippen LogP contribution in [0.1, 0.15) is 24.9 Å². The minimum absolute atomic E-state index is 0.366. The highest BCUT2D eigenvalue weighted by atomic mass is 79.9. The number of hydrogen-bond acceptors (Lipinski definition) is 3. The maximum Gasteiger partial charge on any atom is 0.0674 e. The summed E-state index contributed by atoms with van der Waals surface area (Å²) in [6.45, 7) is 6.22. The summed E-state index contributed by atoms with van der Waals surface area (Å²) in [4.78, 5) is 2.50. The van der Waals surface area contributed by atoms with E-state index in [-0.39, 0.29) is 0 Å². The summed E-state index contributed by atoms with van der Waals surface area (Å²) < 4.78 is 6.77. The van der Waals surface area contributed by atoms with Crippen molar-refractivity contribution in [3.63, 3.8) is 0 Å². The molecule has 4 heteroatoms. The van der Waals surface area contributed by atoms with E-state index in [0.717, 1.165) is 32.7 Å². The molecule has 1 aromatic rings. The van der Waals surface area contributed by atoms with Gasteiger partial charge in [0, 0.05) is 30.1 Å². The largest absolute Gasteiger partial charge is 0.376 e. The number of benzene rings is 1. The van der Waals surface area contributed by atoms with E-state index in [0.29, 0.717) is 12.1 Å². The van der Waals surface area contributed by atoms with Crippen molar-refractivity contribution in [1.82, 2.24) is 10.2 Å². The van der Waals surface area contributed by atoms with Crippen LogP contribution < -0.4 is 5.32 Å². The first-order chi connectivity index (χ1) is 9.20. The Labute approximate surface area is 124 Å². The fraction of sp³-hybridized carbons (Fsp3) is 0.600. The Morgan fingerprint density at radius 3 is 2.95 bits per heavy atom. The molecule has 1 saturated heterocycles. The van der Waals surface area contributed by atoms with Crippen molar-refractivity contribution in [2.24, 2.45) is 0 Å². The maximum atomic E-state index is 5.58. The van der Waals surface area contributed by atoms with Crippen molar-refractivity contribution in [2.45, 2.75) is 25.5 Å². The summed E-state index contributed by atoms with van der Waals surface area (Å²) >= 11 is 3.64. The number of morpholine rings is 1. The molecule has 0 aliphatic carbocycles. The number of hydrogen-bond donors (Lipinski definition) is 1. The van der Waals surface area contributed by atoms with Gasteiger partial charge in [-0.15, -0.1) is 0 Å². The first-order valence-electron chi connectivity index (χ1n) is 6.96. The zero-order valence-electron chi connectivity index (χ0n) is 11.7. The zero-order chi connectivity index (χ0) is 13.7. The Balaban J connectivity index is 1.91. The molecule has 2 atom stereocenters. The summed E-state index contributed by atoms with van der Waals surface area (Å²) in [5.41, 5.74) is 1.34. The molecule has 1 heterocycles. The third-order valence-electron chi connectivity index (χ3n) is 3.69. The van der Waals surface area contributed by atoms with E-state index in [2.05, 4.69) is 57.3 Å². The molecular weight excluding hydrogens is 304 g/mol. The minimum atomic E-state index is 0.366. The lowest BCUT2D eigenvalue weighted by Crippen LogP contribution is -2.42.